The quantitative estimate of drug-likeness (QED) is 0.269. The third-order valence-corrected chi connectivity index (χ3v) is 6.83. The van der Waals surface area contributed by atoms with Gasteiger partial charge in [-0.05, 0) is 30.7 Å². The van der Waals surface area contributed by atoms with Gasteiger partial charge in [0.05, 0.1) is 19.4 Å². The van der Waals surface area contributed by atoms with Crippen LogP contribution < -0.4 is 5.63 Å². The minimum absolute atomic E-state index is 0.128. The standard InChI is InChI=1S/C26H28BrN3O10/c1-4-5-21-34-12-20-22(40-21)23(36-13(2)31)24(37-14(3)32)26(39-20)35-11-17-10-30(29-28-17)18-9-15-8-16(27)6-7-19(15)38-25(18)33/h6-10,20-24,26H,4-5,11-12H2,1-3H3/t20-,21?,22-,23+,24-,26-/m1/s1. The molecule has 214 valence electrons. The zero-order valence-corrected chi connectivity index (χ0v) is 23.6. The molecule has 0 aliphatic carbocycles. The number of aromatic nitrogens is 3. The molecule has 0 bridgehead atoms. The van der Waals surface area contributed by atoms with Crippen LogP contribution in [-0.4, -0.2) is 70.5 Å². The van der Waals surface area contributed by atoms with Gasteiger partial charge in [0.15, 0.2) is 30.5 Å². The number of carbonyl (C=O) groups is 2. The lowest BCUT2D eigenvalue weighted by molar-refractivity contribution is -0.362. The summed E-state index contributed by atoms with van der Waals surface area (Å²) < 4.78 is 42.4. The summed E-state index contributed by atoms with van der Waals surface area (Å²) >= 11 is 3.40. The van der Waals surface area contributed by atoms with E-state index in [0.29, 0.717) is 23.1 Å². The van der Waals surface area contributed by atoms with Gasteiger partial charge in [0.25, 0.3) is 0 Å². The van der Waals surface area contributed by atoms with Crippen molar-refractivity contribution in [1.29, 1.82) is 0 Å². The highest BCUT2D eigenvalue weighted by Gasteiger charge is 2.53. The second kappa shape index (κ2) is 12.1. The predicted molar refractivity (Wildman–Crippen MR) is 139 cm³/mol. The van der Waals surface area contributed by atoms with Crippen molar-refractivity contribution in [2.75, 3.05) is 6.61 Å². The number of carbonyl (C=O) groups excluding carboxylic acids is 2. The van der Waals surface area contributed by atoms with Gasteiger partial charge in [-0.2, -0.15) is 0 Å². The van der Waals surface area contributed by atoms with E-state index in [-0.39, 0.29) is 18.9 Å². The maximum absolute atomic E-state index is 12.6. The summed E-state index contributed by atoms with van der Waals surface area (Å²) in [7, 11) is 0. The molecule has 2 aliphatic heterocycles. The van der Waals surface area contributed by atoms with Crippen LogP contribution in [0.4, 0.5) is 0 Å². The Morgan fingerprint density at radius 2 is 1.90 bits per heavy atom. The van der Waals surface area contributed by atoms with E-state index in [1.807, 2.05) is 13.0 Å². The first kappa shape index (κ1) is 28.4. The van der Waals surface area contributed by atoms with E-state index in [4.69, 9.17) is 32.8 Å². The minimum Gasteiger partial charge on any atom is -0.455 e. The fourth-order valence-corrected chi connectivity index (χ4v) is 5.03. The smallest absolute Gasteiger partial charge is 0.362 e. The average molecular weight is 622 g/mol. The largest absolute Gasteiger partial charge is 0.455 e. The lowest BCUT2D eigenvalue weighted by Gasteiger charge is -2.47. The molecule has 2 fully saturated rings. The van der Waals surface area contributed by atoms with Crippen molar-refractivity contribution in [3.63, 3.8) is 0 Å². The maximum atomic E-state index is 12.6. The number of ether oxygens (including phenoxy) is 6. The third-order valence-electron chi connectivity index (χ3n) is 6.33. The van der Waals surface area contributed by atoms with Gasteiger partial charge in [-0.15, -0.1) is 5.10 Å². The first-order valence-electron chi connectivity index (χ1n) is 12.8. The fraction of sp³-hybridized carbons (Fsp3) is 0.500. The van der Waals surface area contributed by atoms with E-state index in [0.717, 1.165) is 10.9 Å². The SMILES string of the molecule is CCCC1OC[C@H]2O[C@@H](OCc3cn(-c4cc5cc(Br)ccc5oc4=O)nn3)[C@H](OC(C)=O)[C@@H](OC(C)=O)[C@@H]2O1. The molecule has 0 saturated carbocycles. The van der Waals surface area contributed by atoms with Crippen LogP contribution >= 0.6 is 15.9 Å². The van der Waals surface area contributed by atoms with E-state index in [9.17, 15) is 14.4 Å². The molecule has 4 heterocycles. The van der Waals surface area contributed by atoms with E-state index < -0.39 is 54.6 Å². The van der Waals surface area contributed by atoms with Gasteiger partial charge in [-0.1, -0.05) is 34.5 Å². The highest BCUT2D eigenvalue weighted by molar-refractivity contribution is 9.10. The number of esters is 2. The van der Waals surface area contributed by atoms with E-state index in [1.54, 1.807) is 18.2 Å². The van der Waals surface area contributed by atoms with Gasteiger partial charge in [0.2, 0.25) is 0 Å². The molecule has 0 spiro atoms. The third kappa shape index (κ3) is 6.25. The zero-order chi connectivity index (χ0) is 28.4. The second-order valence-electron chi connectivity index (χ2n) is 9.41. The van der Waals surface area contributed by atoms with Gasteiger partial charge in [0, 0.05) is 23.7 Å². The summed E-state index contributed by atoms with van der Waals surface area (Å²) in [6, 6.07) is 6.92. The lowest BCUT2D eigenvalue weighted by atomic mass is 9.97. The van der Waals surface area contributed by atoms with Crippen molar-refractivity contribution < 1.29 is 42.4 Å². The zero-order valence-electron chi connectivity index (χ0n) is 22.0. The van der Waals surface area contributed by atoms with Crippen molar-refractivity contribution in [3.8, 4) is 5.69 Å². The van der Waals surface area contributed by atoms with Crippen molar-refractivity contribution in [1.82, 2.24) is 15.0 Å². The monoisotopic (exact) mass is 621 g/mol. The van der Waals surface area contributed by atoms with Crippen molar-refractivity contribution in [3.05, 3.63) is 51.0 Å². The summed E-state index contributed by atoms with van der Waals surface area (Å²) in [6.07, 6.45) is -2.18. The Balaban J connectivity index is 1.35. The molecule has 2 saturated heterocycles. The predicted octanol–water partition coefficient (Wildman–Crippen LogP) is 2.78. The molecule has 0 radical (unpaired) electrons. The van der Waals surface area contributed by atoms with E-state index in [1.165, 1.54) is 24.7 Å². The number of benzene rings is 1. The Morgan fingerprint density at radius 3 is 2.65 bits per heavy atom. The van der Waals surface area contributed by atoms with Gasteiger partial charge < -0.3 is 32.8 Å². The van der Waals surface area contributed by atoms with Gasteiger partial charge in [-0.3, -0.25) is 9.59 Å². The number of nitrogens with zero attached hydrogens (tertiary/aromatic N) is 3. The number of rotatable bonds is 8. The Kier molecular flexibility index (Phi) is 8.61. The Hall–Kier alpha value is -3.17. The van der Waals surface area contributed by atoms with Crippen LogP contribution in [0.1, 0.15) is 39.3 Å². The van der Waals surface area contributed by atoms with Crippen molar-refractivity contribution >= 4 is 38.8 Å². The van der Waals surface area contributed by atoms with Gasteiger partial charge in [-0.25, -0.2) is 9.48 Å². The highest BCUT2D eigenvalue weighted by Crippen LogP contribution is 2.34. The minimum atomic E-state index is -1.14. The van der Waals surface area contributed by atoms with Crippen LogP contribution in [-0.2, 0) is 44.6 Å². The summed E-state index contributed by atoms with van der Waals surface area (Å²) in [6.45, 7) is 4.53. The summed E-state index contributed by atoms with van der Waals surface area (Å²) in [4.78, 5) is 36.5. The summed E-state index contributed by atoms with van der Waals surface area (Å²) in [5, 5.41) is 8.81. The van der Waals surface area contributed by atoms with Crippen LogP contribution in [0.3, 0.4) is 0 Å². The molecule has 2 aromatic heterocycles. The fourth-order valence-electron chi connectivity index (χ4n) is 4.65. The molecule has 14 heteroatoms. The first-order chi connectivity index (χ1) is 19.2. The molecule has 13 nitrogen and oxygen atoms in total. The van der Waals surface area contributed by atoms with Gasteiger partial charge >= 0.3 is 17.6 Å². The van der Waals surface area contributed by atoms with Crippen LogP contribution in [0.2, 0.25) is 0 Å². The molecule has 3 aromatic rings. The number of hydrogen-bond donors (Lipinski definition) is 0. The Morgan fingerprint density at radius 1 is 1.12 bits per heavy atom. The van der Waals surface area contributed by atoms with Crippen molar-refractivity contribution in [2.24, 2.45) is 0 Å². The second-order valence-corrected chi connectivity index (χ2v) is 10.3. The lowest BCUT2D eigenvalue weighted by Crippen LogP contribution is -2.65. The molecule has 0 amide bonds. The Labute approximate surface area is 236 Å². The number of hydrogen-bond acceptors (Lipinski definition) is 12. The normalized spacial score (nSPS) is 26.3. The number of fused-ring (bicyclic) bond motifs is 2. The van der Waals surface area contributed by atoms with Crippen molar-refractivity contribution in [2.45, 2.75) is 77.2 Å². The highest BCUT2D eigenvalue weighted by atomic mass is 79.9. The van der Waals surface area contributed by atoms with E-state index >= 15 is 0 Å². The first-order valence-corrected chi connectivity index (χ1v) is 13.5. The van der Waals surface area contributed by atoms with E-state index in [2.05, 4.69) is 26.2 Å². The molecular formula is C26H28BrN3O10. The van der Waals surface area contributed by atoms with Crippen LogP contribution in [0, 0.1) is 0 Å². The van der Waals surface area contributed by atoms with Crippen LogP contribution in [0.15, 0.2) is 44.1 Å². The summed E-state index contributed by atoms with van der Waals surface area (Å²) in [5.74, 6) is -1.19. The number of halogens is 1. The topological polar surface area (TPSA) is 150 Å². The molecule has 2 aliphatic rings. The molecule has 6 atom stereocenters. The molecule has 0 N–H and O–H groups in total. The molecule has 1 unspecified atom stereocenters. The van der Waals surface area contributed by atoms with Crippen LogP contribution in [0.25, 0.3) is 16.7 Å². The molecule has 1 aromatic carbocycles. The van der Waals surface area contributed by atoms with Gasteiger partial charge in [0.1, 0.15) is 23.5 Å². The maximum Gasteiger partial charge on any atom is 0.362 e. The average Bonchev–Trinajstić information content (AvgIpc) is 3.37. The molecule has 40 heavy (non-hydrogen) atoms. The van der Waals surface area contributed by atoms with Crippen LogP contribution in [0.5, 0.6) is 0 Å². The molecular weight excluding hydrogens is 594 g/mol. The Bertz CT molecular complexity index is 1440. The summed E-state index contributed by atoms with van der Waals surface area (Å²) in [5.41, 5.74) is 0.353. The molecule has 5 rings (SSSR count).